The molecule has 6 amide bonds. The highest BCUT2D eigenvalue weighted by atomic mass is 32.2. The average molecular weight is 518 g/mol. The second kappa shape index (κ2) is 16.8. The van der Waals surface area contributed by atoms with E-state index < -0.39 is 34.9 Å². The van der Waals surface area contributed by atoms with Gasteiger partial charge in [0.05, 0.1) is 31.7 Å². The molecule has 0 aromatic carbocycles. The molecular weight excluding hydrogens is 482 g/mol. The van der Waals surface area contributed by atoms with Crippen molar-refractivity contribution in [1.82, 2.24) is 20.9 Å². The number of nitrogens with two attached hydrogens (primary N) is 1. The Morgan fingerprint density at radius 3 is 2.40 bits per heavy atom. The molecule has 5 N–H and O–H groups in total. The SMILES string of the molecule is CCNC(=O)CCN1C(=O)CC(SCC(NC(C)=O)C(=O)NCCOCCOCCC(N)=O)C1=O. The summed E-state index contributed by atoms with van der Waals surface area (Å²) in [4.78, 5) is 72.1. The highest BCUT2D eigenvalue weighted by Gasteiger charge is 2.39. The van der Waals surface area contributed by atoms with Gasteiger partial charge in [0.15, 0.2) is 0 Å². The third-order valence-corrected chi connectivity index (χ3v) is 6.00. The number of likely N-dealkylation sites (tertiary alicyclic amines) is 1. The lowest BCUT2D eigenvalue weighted by Gasteiger charge is -2.19. The van der Waals surface area contributed by atoms with Gasteiger partial charge in [0.1, 0.15) is 6.04 Å². The largest absolute Gasteiger partial charge is 0.379 e. The number of rotatable bonds is 18. The Morgan fingerprint density at radius 2 is 1.77 bits per heavy atom. The van der Waals surface area contributed by atoms with Crippen molar-refractivity contribution in [3.63, 3.8) is 0 Å². The van der Waals surface area contributed by atoms with E-state index in [4.69, 9.17) is 15.2 Å². The first kappa shape index (κ1) is 30.3. The highest BCUT2D eigenvalue weighted by Crippen LogP contribution is 2.26. The number of carbonyl (C=O) groups is 6. The number of amides is 6. The first-order chi connectivity index (χ1) is 16.6. The van der Waals surface area contributed by atoms with Crippen molar-refractivity contribution in [2.75, 3.05) is 51.8 Å². The third-order valence-electron chi connectivity index (χ3n) is 4.71. The Labute approximate surface area is 208 Å². The van der Waals surface area contributed by atoms with Crippen LogP contribution in [0.15, 0.2) is 0 Å². The fourth-order valence-electron chi connectivity index (χ4n) is 3.02. The van der Waals surface area contributed by atoms with Crippen molar-refractivity contribution < 1.29 is 38.2 Å². The summed E-state index contributed by atoms with van der Waals surface area (Å²) in [6.45, 7) is 4.69. The molecule has 14 heteroatoms. The lowest BCUT2D eigenvalue weighted by molar-refractivity contribution is -0.138. The number of ether oxygens (including phenoxy) is 2. The second-order valence-corrected chi connectivity index (χ2v) is 8.83. The quantitative estimate of drug-likeness (QED) is 0.117. The number of primary amides is 1. The van der Waals surface area contributed by atoms with Crippen LogP contribution in [0.4, 0.5) is 0 Å². The zero-order chi connectivity index (χ0) is 26.2. The van der Waals surface area contributed by atoms with E-state index in [1.165, 1.54) is 6.92 Å². The molecule has 13 nitrogen and oxygen atoms in total. The summed E-state index contributed by atoms with van der Waals surface area (Å²) in [7, 11) is 0. The van der Waals surface area contributed by atoms with E-state index in [9.17, 15) is 28.8 Å². The number of nitrogens with one attached hydrogen (secondary N) is 3. The van der Waals surface area contributed by atoms with Crippen LogP contribution in [0, 0.1) is 0 Å². The second-order valence-electron chi connectivity index (χ2n) is 7.60. The van der Waals surface area contributed by atoms with Gasteiger partial charge >= 0.3 is 0 Å². The minimum absolute atomic E-state index is 0.00630. The molecule has 1 fully saturated rings. The minimum Gasteiger partial charge on any atom is -0.379 e. The van der Waals surface area contributed by atoms with Crippen LogP contribution in [0.1, 0.15) is 33.1 Å². The summed E-state index contributed by atoms with van der Waals surface area (Å²) >= 11 is 1.11. The Kier molecular flexibility index (Phi) is 14.6. The number of thioether (sulfide) groups is 1. The molecule has 1 saturated heterocycles. The topological polar surface area (TPSA) is 186 Å². The predicted molar refractivity (Wildman–Crippen MR) is 127 cm³/mol. The lowest BCUT2D eigenvalue weighted by Crippen LogP contribution is -2.48. The molecule has 0 aliphatic carbocycles. The fourth-order valence-corrected chi connectivity index (χ4v) is 4.21. The maximum atomic E-state index is 12.6. The molecule has 1 aliphatic heterocycles. The number of nitrogens with zero attached hydrogens (tertiary/aromatic N) is 1. The van der Waals surface area contributed by atoms with Crippen LogP contribution in [0.25, 0.3) is 0 Å². The van der Waals surface area contributed by atoms with Gasteiger partial charge in [0.25, 0.3) is 0 Å². The van der Waals surface area contributed by atoms with Gasteiger partial charge < -0.3 is 31.2 Å². The molecule has 0 saturated carbocycles. The average Bonchev–Trinajstić information content (AvgIpc) is 3.06. The summed E-state index contributed by atoms with van der Waals surface area (Å²) in [5.41, 5.74) is 5.00. The van der Waals surface area contributed by atoms with E-state index >= 15 is 0 Å². The van der Waals surface area contributed by atoms with E-state index in [0.29, 0.717) is 6.54 Å². The lowest BCUT2D eigenvalue weighted by atomic mass is 10.3. The molecule has 35 heavy (non-hydrogen) atoms. The Morgan fingerprint density at radius 1 is 1.09 bits per heavy atom. The van der Waals surface area contributed by atoms with Crippen LogP contribution in [0.5, 0.6) is 0 Å². The molecule has 1 aliphatic rings. The normalized spacial score (nSPS) is 16.2. The molecule has 2 unspecified atom stereocenters. The van der Waals surface area contributed by atoms with Gasteiger partial charge in [-0.05, 0) is 6.92 Å². The van der Waals surface area contributed by atoms with Gasteiger partial charge in [0, 0.05) is 51.6 Å². The smallest absolute Gasteiger partial charge is 0.243 e. The minimum atomic E-state index is -0.901. The van der Waals surface area contributed by atoms with E-state index in [-0.39, 0.29) is 76.3 Å². The van der Waals surface area contributed by atoms with Gasteiger partial charge in [-0.2, -0.15) is 0 Å². The van der Waals surface area contributed by atoms with Crippen molar-refractivity contribution in [3.05, 3.63) is 0 Å². The zero-order valence-electron chi connectivity index (χ0n) is 20.1. The molecule has 198 valence electrons. The van der Waals surface area contributed by atoms with Crippen molar-refractivity contribution in [2.24, 2.45) is 5.73 Å². The molecule has 0 bridgehead atoms. The van der Waals surface area contributed by atoms with Crippen molar-refractivity contribution in [3.8, 4) is 0 Å². The van der Waals surface area contributed by atoms with E-state index in [1.807, 2.05) is 0 Å². The van der Waals surface area contributed by atoms with Crippen LogP contribution < -0.4 is 21.7 Å². The molecule has 1 rings (SSSR count). The van der Waals surface area contributed by atoms with Gasteiger partial charge in [0.2, 0.25) is 35.4 Å². The maximum absolute atomic E-state index is 12.6. The van der Waals surface area contributed by atoms with E-state index in [2.05, 4.69) is 16.0 Å². The molecule has 0 aromatic rings. The van der Waals surface area contributed by atoms with Gasteiger partial charge in [-0.1, -0.05) is 0 Å². The van der Waals surface area contributed by atoms with Crippen LogP contribution >= 0.6 is 11.8 Å². The van der Waals surface area contributed by atoms with Gasteiger partial charge in [-0.15, -0.1) is 11.8 Å². The molecule has 1 heterocycles. The monoisotopic (exact) mass is 517 g/mol. The van der Waals surface area contributed by atoms with E-state index in [1.54, 1.807) is 6.92 Å². The summed E-state index contributed by atoms with van der Waals surface area (Å²) in [6, 6.07) is -0.901. The standard InChI is InChI=1S/C21H35N5O8S/c1-3-23-18(29)4-7-26-19(30)12-16(21(26)32)35-13-15(25-14(2)27)20(31)24-6-9-34-11-10-33-8-5-17(22)28/h15-16H,3-13H2,1-2H3,(H2,22,28)(H,23,29)(H,24,31)(H,25,27). The number of imide groups is 1. The third kappa shape index (κ3) is 12.5. The predicted octanol–water partition coefficient (Wildman–Crippen LogP) is -2.10. The van der Waals surface area contributed by atoms with Crippen molar-refractivity contribution >= 4 is 47.2 Å². The van der Waals surface area contributed by atoms with Crippen LogP contribution in [0.2, 0.25) is 0 Å². The molecule has 0 aromatic heterocycles. The van der Waals surface area contributed by atoms with Crippen molar-refractivity contribution in [1.29, 1.82) is 0 Å². The van der Waals surface area contributed by atoms with Gasteiger partial charge in [-0.3, -0.25) is 33.7 Å². The molecule has 0 spiro atoms. The molecular formula is C21H35N5O8S. The van der Waals surface area contributed by atoms with Crippen LogP contribution in [-0.2, 0) is 38.2 Å². The van der Waals surface area contributed by atoms with E-state index in [0.717, 1.165) is 16.7 Å². The Hall–Kier alpha value is -2.71. The summed E-state index contributed by atoms with van der Waals surface area (Å²) in [6.07, 6.45) is 0.136. The molecule has 2 atom stereocenters. The number of carbonyl (C=O) groups excluding carboxylic acids is 6. The van der Waals surface area contributed by atoms with Crippen LogP contribution in [-0.4, -0.2) is 103 Å². The first-order valence-corrected chi connectivity index (χ1v) is 12.4. The molecule has 0 radical (unpaired) electrons. The zero-order valence-corrected chi connectivity index (χ0v) is 20.9. The Bertz CT molecular complexity index is 766. The van der Waals surface area contributed by atoms with Crippen molar-refractivity contribution in [2.45, 2.75) is 44.4 Å². The summed E-state index contributed by atoms with van der Waals surface area (Å²) < 4.78 is 10.5. The summed E-state index contributed by atoms with van der Waals surface area (Å²) in [5.74, 6) is -2.23. The van der Waals surface area contributed by atoms with Gasteiger partial charge in [-0.25, -0.2) is 0 Å². The number of hydrogen-bond donors (Lipinski definition) is 4. The first-order valence-electron chi connectivity index (χ1n) is 11.4. The van der Waals surface area contributed by atoms with Crippen LogP contribution in [0.3, 0.4) is 0 Å². The maximum Gasteiger partial charge on any atom is 0.243 e. The highest BCUT2D eigenvalue weighted by molar-refractivity contribution is 8.00. The number of hydrogen-bond acceptors (Lipinski definition) is 9. The summed E-state index contributed by atoms with van der Waals surface area (Å²) in [5, 5.41) is 7.13. The Balaban J connectivity index is 2.40. The fraction of sp³-hybridized carbons (Fsp3) is 0.714.